The summed E-state index contributed by atoms with van der Waals surface area (Å²) in [6.45, 7) is 1.48. The van der Waals surface area contributed by atoms with Crippen LogP contribution in [-0.2, 0) is 5.72 Å². The van der Waals surface area contributed by atoms with Crippen LogP contribution in [0.2, 0.25) is 0 Å². The molecule has 0 aliphatic heterocycles. The highest BCUT2D eigenvalue weighted by atomic mass is 16.5. The molecule has 0 spiro atoms. The highest BCUT2D eigenvalue weighted by Gasteiger charge is 2.22. The van der Waals surface area contributed by atoms with Crippen molar-refractivity contribution in [3.63, 3.8) is 0 Å². The van der Waals surface area contributed by atoms with Gasteiger partial charge in [-0.15, -0.1) is 0 Å². The maximum absolute atomic E-state index is 9.72. The number of methoxy groups -OCH3 is 3. The average molecular weight is 227 g/mol. The lowest BCUT2D eigenvalue weighted by Crippen LogP contribution is -2.32. The molecule has 5 nitrogen and oxygen atoms in total. The maximum atomic E-state index is 9.72. The molecule has 90 valence electrons. The molecule has 5 heteroatoms. The van der Waals surface area contributed by atoms with Crippen molar-refractivity contribution in [1.29, 1.82) is 0 Å². The van der Waals surface area contributed by atoms with Crippen molar-refractivity contribution in [2.75, 3.05) is 21.3 Å². The van der Waals surface area contributed by atoms with Crippen molar-refractivity contribution in [3.8, 4) is 17.2 Å². The van der Waals surface area contributed by atoms with E-state index < -0.39 is 5.72 Å². The van der Waals surface area contributed by atoms with Crippen LogP contribution >= 0.6 is 0 Å². The van der Waals surface area contributed by atoms with E-state index in [-0.39, 0.29) is 0 Å². The number of benzene rings is 1. The maximum Gasteiger partial charge on any atom is 0.203 e. The Labute approximate surface area is 94.7 Å². The Balaban J connectivity index is 3.37. The Morgan fingerprint density at radius 1 is 1.06 bits per heavy atom. The SMILES string of the molecule is COc1cc(C(C)(N)O)cc(OC)c1OC. The van der Waals surface area contributed by atoms with Crippen LogP contribution < -0.4 is 19.9 Å². The van der Waals surface area contributed by atoms with Crippen LogP contribution in [-0.4, -0.2) is 26.4 Å². The van der Waals surface area contributed by atoms with Gasteiger partial charge in [-0.2, -0.15) is 0 Å². The predicted octanol–water partition coefficient (Wildman–Crippen LogP) is 0.836. The van der Waals surface area contributed by atoms with Crippen LogP contribution in [0.4, 0.5) is 0 Å². The topological polar surface area (TPSA) is 73.9 Å². The van der Waals surface area contributed by atoms with Crippen molar-refractivity contribution in [2.45, 2.75) is 12.6 Å². The zero-order valence-corrected chi connectivity index (χ0v) is 9.90. The second kappa shape index (κ2) is 4.59. The fourth-order valence-corrected chi connectivity index (χ4v) is 1.37. The molecule has 3 N–H and O–H groups in total. The van der Waals surface area contributed by atoms with Gasteiger partial charge in [-0.05, 0) is 19.1 Å². The van der Waals surface area contributed by atoms with Gasteiger partial charge < -0.3 is 25.1 Å². The van der Waals surface area contributed by atoms with Gasteiger partial charge >= 0.3 is 0 Å². The van der Waals surface area contributed by atoms with E-state index >= 15 is 0 Å². The number of nitrogens with two attached hydrogens (primary N) is 1. The fourth-order valence-electron chi connectivity index (χ4n) is 1.37. The first-order chi connectivity index (χ1) is 7.43. The van der Waals surface area contributed by atoms with Gasteiger partial charge in [-0.3, -0.25) is 0 Å². The van der Waals surface area contributed by atoms with Crippen LogP contribution in [0.5, 0.6) is 17.2 Å². The standard InChI is InChI=1S/C11H17NO4/c1-11(12,13)7-5-8(14-2)10(16-4)9(6-7)15-3/h5-6,13H,12H2,1-4H3. The second-order valence-electron chi connectivity index (χ2n) is 3.56. The summed E-state index contributed by atoms with van der Waals surface area (Å²) in [5, 5.41) is 9.72. The first kappa shape index (κ1) is 12.6. The molecule has 0 bridgehead atoms. The van der Waals surface area contributed by atoms with E-state index in [9.17, 15) is 5.11 Å². The minimum absolute atomic E-state index is 0.461. The summed E-state index contributed by atoms with van der Waals surface area (Å²) in [7, 11) is 4.53. The smallest absolute Gasteiger partial charge is 0.203 e. The van der Waals surface area contributed by atoms with Crippen molar-refractivity contribution in [3.05, 3.63) is 17.7 Å². The molecule has 1 rings (SSSR count). The van der Waals surface area contributed by atoms with Gasteiger partial charge in [0, 0.05) is 5.56 Å². The van der Waals surface area contributed by atoms with Gasteiger partial charge in [-0.1, -0.05) is 0 Å². The fraction of sp³-hybridized carbons (Fsp3) is 0.455. The molecule has 0 aliphatic rings. The normalized spacial score (nSPS) is 14.1. The summed E-state index contributed by atoms with van der Waals surface area (Å²) < 4.78 is 15.4. The molecule has 0 fully saturated rings. The minimum Gasteiger partial charge on any atom is -0.493 e. The van der Waals surface area contributed by atoms with Crippen LogP contribution in [0.15, 0.2) is 12.1 Å². The van der Waals surface area contributed by atoms with Gasteiger partial charge in [0.25, 0.3) is 0 Å². The summed E-state index contributed by atoms with van der Waals surface area (Å²) in [4.78, 5) is 0. The van der Waals surface area contributed by atoms with Crippen LogP contribution in [0.1, 0.15) is 12.5 Å². The number of rotatable bonds is 4. The van der Waals surface area contributed by atoms with E-state index in [2.05, 4.69) is 0 Å². The average Bonchev–Trinajstić information content (AvgIpc) is 2.25. The molecule has 0 aliphatic carbocycles. The molecule has 0 saturated carbocycles. The van der Waals surface area contributed by atoms with Crippen molar-refractivity contribution >= 4 is 0 Å². The highest BCUT2D eigenvalue weighted by molar-refractivity contribution is 5.54. The first-order valence-corrected chi connectivity index (χ1v) is 4.75. The van der Waals surface area contributed by atoms with E-state index in [1.165, 1.54) is 28.3 Å². The Morgan fingerprint density at radius 2 is 1.50 bits per heavy atom. The lowest BCUT2D eigenvalue weighted by atomic mass is 10.0. The summed E-state index contributed by atoms with van der Waals surface area (Å²) in [5.41, 5.74) is 4.64. The van der Waals surface area contributed by atoms with Crippen molar-refractivity contribution in [2.24, 2.45) is 5.73 Å². The summed E-state index contributed by atoms with van der Waals surface area (Å²) in [6.07, 6.45) is 0. The van der Waals surface area contributed by atoms with Gasteiger partial charge in [0.2, 0.25) is 5.75 Å². The lowest BCUT2D eigenvalue weighted by Gasteiger charge is -2.21. The summed E-state index contributed by atoms with van der Waals surface area (Å²) in [5.74, 6) is 1.39. The monoisotopic (exact) mass is 227 g/mol. The molecular weight excluding hydrogens is 210 g/mol. The number of aliphatic hydroxyl groups is 1. The Morgan fingerprint density at radius 3 is 1.75 bits per heavy atom. The van der Waals surface area contributed by atoms with Crippen molar-refractivity contribution < 1.29 is 19.3 Å². The Kier molecular flexibility index (Phi) is 3.62. The zero-order valence-electron chi connectivity index (χ0n) is 9.90. The second-order valence-corrected chi connectivity index (χ2v) is 3.56. The molecule has 0 saturated heterocycles. The van der Waals surface area contributed by atoms with Crippen LogP contribution in [0.25, 0.3) is 0 Å². The summed E-state index contributed by atoms with van der Waals surface area (Å²) >= 11 is 0. The minimum atomic E-state index is -1.45. The molecule has 1 unspecified atom stereocenters. The van der Waals surface area contributed by atoms with E-state index in [0.29, 0.717) is 22.8 Å². The largest absolute Gasteiger partial charge is 0.493 e. The van der Waals surface area contributed by atoms with Crippen molar-refractivity contribution in [1.82, 2.24) is 0 Å². The van der Waals surface area contributed by atoms with Gasteiger partial charge in [0.1, 0.15) is 5.72 Å². The zero-order chi connectivity index (χ0) is 12.3. The molecule has 16 heavy (non-hydrogen) atoms. The third-order valence-corrected chi connectivity index (χ3v) is 2.25. The van der Waals surface area contributed by atoms with E-state index in [4.69, 9.17) is 19.9 Å². The molecule has 1 atom stereocenters. The third-order valence-electron chi connectivity index (χ3n) is 2.25. The molecular formula is C11H17NO4. The predicted molar refractivity (Wildman–Crippen MR) is 59.9 cm³/mol. The molecule has 1 aromatic rings. The highest BCUT2D eigenvalue weighted by Crippen LogP contribution is 2.39. The third kappa shape index (κ3) is 2.37. The quantitative estimate of drug-likeness (QED) is 0.745. The lowest BCUT2D eigenvalue weighted by molar-refractivity contribution is 0.0641. The van der Waals surface area contributed by atoms with Crippen LogP contribution in [0, 0.1) is 0 Å². The van der Waals surface area contributed by atoms with Crippen LogP contribution in [0.3, 0.4) is 0 Å². The number of hydrogen-bond acceptors (Lipinski definition) is 5. The Hall–Kier alpha value is -1.46. The molecule has 0 aromatic heterocycles. The van der Waals surface area contributed by atoms with Gasteiger partial charge in [0.05, 0.1) is 21.3 Å². The molecule has 0 amide bonds. The Bertz CT molecular complexity index is 346. The number of ether oxygens (including phenoxy) is 3. The van der Waals surface area contributed by atoms with E-state index in [1.54, 1.807) is 12.1 Å². The summed E-state index contributed by atoms with van der Waals surface area (Å²) in [6, 6.07) is 3.22. The van der Waals surface area contributed by atoms with Gasteiger partial charge in [0.15, 0.2) is 11.5 Å². The van der Waals surface area contributed by atoms with Gasteiger partial charge in [-0.25, -0.2) is 0 Å². The number of hydrogen-bond donors (Lipinski definition) is 2. The molecule has 0 heterocycles. The molecule has 1 aromatic carbocycles. The van der Waals surface area contributed by atoms with E-state index in [1.807, 2.05) is 0 Å². The van der Waals surface area contributed by atoms with E-state index in [0.717, 1.165) is 0 Å². The molecule has 0 radical (unpaired) electrons. The first-order valence-electron chi connectivity index (χ1n) is 4.75.